The lowest BCUT2D eigenvalue weighted by molar-refractivity contribution is 0.482. The smallest absolute Gasteiger partial charge is 0.130 e. The van der Waals surface area contributed by atoms with Gasteiger partial charge in [-0.15, -0.1) is 0 Å². The van der Waals surface area contributed by atoms with Crippen molar-refractivity contribution in [2.24, 2.45) is 0 Å². The number of nitriles is 2. The molecular formula is C14H9N3O. The number of rotatable bonds is 2. The second kappa shape index (κ2) is 4.90. The van der Waals surface area contributed by atoms with Crippen LogP contribution in [0.3, 0.4) is 0 Å². The van der Waals surface area contributed by atoms with Crippen molar-refractivity contribution >= 4 is 5.69 Å². The van der Waals surface area contributed by atoms with Gasteiger partial charge in [0.1, 0.15) is 11.5 Å². The van der Waals surface area contributed by atoms with Crippen LogP contribution in [0.15, 0.2) is 42.5 Å². The number of nitrogens with zero attached hydrogens (tertiary/aromatic N) is 2. The summed E-state index contributed by atoms with van der Waals surface area (Å²) >= 11 is 0. The molecule has 0 aromatic heterocycles. The number of hydrogen-bond acceptors (Lipinski definition) is 4. The Labute approximate surface area is 104 Å². The van der Waals surface area contributed by atoms with Crippen molar-refractivity contribution in [2.75, 3.05) is 5.73 Å². The number of anilines is 1. The standard InChI is InChI=1S/C14H9N3O/c15-8-10-5-11(9-16)7-14(6-10)18-13-3-1-12(17)2-4-13/h1-7H,17H2. The first kappa shape index (κ1) is 11.5. The van der Waals surface area contributed by atoms with Crippen LogP contribution in [-0.4, -0.2) is 0 Å². The molecule has 0 spiro atoms. The number of nitrogen functional groups attached to an aromatic ring is 1. The van der Waals surface area contributed by atoms with E-state index >= 15 is 0 Å². The van der Waals surface area contributed by atoms with E-state index in [9.17, 15) is 0 Å². The molecule has 0 heterocycles. The van der Waals surface area contributed by atoms with Crippen molar-refractivity contribution < 1.29 is 4.74 Å². The van der Waals surface area contributed by atoms with Gasteiger partial charge in [0, 0.05) is 5.69 Å². The lowest BCUT2D eigenvalue weighted by Gasteiger charge is -2.06. The molecule has 0 saturated heterocycles. The highest BCUT2D eigenvalue weighted by atomic mass is 16.5. The fourth-order valence-electron chi connectivity index (χ4n) is 1.46. The van der Waals surface area contributed by atoms with Gasteiger partial charge in [0.2, 0.25) is 0 Å². The average molecular weight is 235 g/mol. The third-order valence-electron chi connectivity index (χ3n) is 2.28. The summed E-state index contributed by atoms with van der Waals surface area (Å²) in [5, 5.41) is 17.7. The summed E-state index contributed by atoms with van der Waals surface area (Å²) in [7, 11) is 0. The Morgan fingerprint density at radius 2 is 1.39 bits per heavy atom. The molecule has 4 nitrogen and oxygen atoms in total. The highest BCUT2D eigenvalue weighted by molar-refractivity contribution is 5.48. The van der Waals surface area contributed by atoms with Crippen LogP contribution in [0.4, 0.5) is 5.69 Å². The van der Waals surface area contributed by atoms with Gasteiger partial charge in [-0.3, -0.25) is 0 Å². The maximum absolute atomic E-state index is 8.85. The predicted molar refractivity (Wildman–Crippen MR) is 66.8 cm³/mol. The van der Waals surface area contributed by atoms with E-state index in [0.717, 1.165) is 0 Å². The Bertz CT molecular complexity index is 616. The first-order chi connectivity index (χ1) is 8.71. The first-order valence-corrected chi connectivity index (χ1v) is 5.20. The molecule has 18 heavy (non-hydrogen) atoms. The van der Waals surface area contributed by atoms with Gasteiger partial charge in [0.05, 0.1) is 23.3 Å². The van der Waals surface area contributed by atoms with E-state index < -0.39 is 0 Å². The van der Waals surface area contributed by atoms with Gasteiger partial charge in [0.15, 0.2) is 0 Å². The van der Waals surface area contributed by atoms with Crippen LogP contribution in [0.5, 0.6) is 11.5 Å². The molecule has 2 aromatic carbocycles. The Morgan fingerprint density at radius 3 is 1.89 bits per heavy atom. The summed E-state index contributed by atoms with van der Waals surface area (Å²) < 4.78 is 5.56. The van der Waals surface area contributed by atoms with Gasteiger partial charge in [-0.25, -0.2) is 0 Å². The summed E-state index contributed by atoms with van der Waals surface area (Å²) in [4.78, 5) is 0. The molecule has 0 fully saturated rings. The van der Waals surface area contributed by atoms with Gasteiger partial charge in [0.25, 0.3) is 0 Å². The largest absolute Gasteiger partial charge is 0.457 e. The Morgan fingerprint density at radius 1 is 0.833 bits per heavy atom. The number of ether oxygens (including phenoxy) is 1. The lowest BCUT2D eigenvalue weighted by atomic mass is 10.1. The summed E-state index contributed by atoms with van der Waals surface area (Å²) in [6.45, 7) is 0. The molecule has 0 unspecified atom stereocenters. The van der Waals surface area contributed by atoms with Crippen LogP contribution in [0.25, 0.3) is 0 Å². The van der Waals surface area contributed by atoms with Gasteiger partial charge in [-0.05, 0) is 42.5 Å². The minimum Gasteiger partial charge on any atom is -0.457 e. The van der Waals surface area contributed by atoms with Crippen molar-refractivity contribution in [3.8, 4) is 23.6 Å². The van der Waals surface area contributed by atoms with Crippen LogP contribution in [-0.2, 0) is 0 Å². The molecule has 0 aliphatic carbocycles. The van der Waals surface area contributed by atoms with Crippen molar-refractivity contribution in [3.05, 3.63) is 53.6 Å². The van der Waals surface area contributed by atoms with E-state index in [2.05, 4.69) is 0 Å². The molecule has 4 heteroatoms. The fraction of sp³-hybridized carbons (Fsp3) is 0. The zero-order chi connectivity index (χ0) is 13.0. The molecule has 2 N–H and O–H groups in total. The molecule has 0 amide bonds. The monoisotopic (exact) mass is 235 g/mol. The van der Waals surface area contributed by atoms with E-state index in [-0.39, 0.29) is 0 Å². The van der Waals surface area contributed by atoms with Crippen LogP contribution in [0.2, 0.25) is 0 Å². The minimum absolute atomic E-state index is 0.388. The normalized spacial score (nSPS) is 9.22. The SMILES string of the molecule is N#Cc1cc(C#N)cc(Oc2ccc(N)cc2)c1. The zero-order valence-electron chi connectivity index (χ0n) is 9.42. The molecule has 2 aromatic rings. The molecule has 0 aliphatic rings. The highest BCUT2D eigenvalue weighted by Gasteiger charge is 2.03. The molecular weight excluding hydrogens is 226 g/mol. The summed E-state index contributed by atoms with van der Waals surface area (Å²) in [6.07, 6.45) is 0. The summed E-state index contributed by atoms with van der Waals surface area (Å²) in [5.74, 6) is 1.05. The highest BCUT2D eigenvalue weighted by Crippen LogP contribution is 2.24. The predicted octanol–water partition coefficient (Wildman–Crippen LogP) is 2.80. The van der Waals surface area contributed by atoms with Crippen LogP contribution < -0.4 is 10.5 Å². The summed E-state index contributed by atoms with van der Waals surface area (Å²) in [5.41, 5.74) is 6.99. The molecule has 0 aliphatic heterocycles. The van der Waals surface area contributed by atoms with Crippen molar-refractivity contribution in [1.29, 1.82) is 10.5 Å². The second-order valence-electron chi connectivity index (χ2n) is 3.64. The third kappa shape index (κ3) is 2.58. The molecule has 0 bridgehead atoms. The van der Waals surface area contributed by atoms with Crippen LogP contribution in [0.1, 0.15) is 11.1 Å². The zero-order valence-corrected chi connectivity index (χ0v) is 9.42. The maximum atomic E-state index is 8.85. The Kier molecular flexibility index (Phi) is 3.13. The Balaban J connectivity index is 2.32. The van der Waals surface area contributed by atoms with Gasteiger partial charge in [-0.1, -0.05) is 0 Å². The van der Waals surface area contributed by atoms with Crippen molar-refractivity contribution in [3.63, 3.8) is 0 Å². The number of hydrogen-bond donors (Lipinski definition) is 1. The maximum Gasteiger partial charge on any atom is 0.130 e. The average Bonchev–Trinajstić information content (AvgIpc) is 2.41. The van der Waals surface area contributed by atoms with E-state index in [0.29, 0.717) is 28.3 Å². The second-order valence-corrected chi connectivity index (χ2v) is 3.64. The van der Waals surface area contributed by atoms with Crippen LogP contribution in [0, 0.1) is 22.7 Å². The van der Waals surface area contributed by atoms with E-state index in [1.54, 1.807) is 36.4 Å². The third-order valence-corrected chi connectivity index (χ3v) is 2.28. The van der Waals surface area contributed by atoms with Gasteiger partial charge >= 0.3 is 0 Å². The quantitative estimate of drug-likeness (QED) is 0.811. The number of benzene rings is 2. The fourth-order valence-corrected chi connectivity index (χ4v) is 1.46. The molecule has 0 saturated carbocycles. The summed E-state index contributed by atoms with van der Waals surface area (Å²) in [6, 6.07) is 15.5. The molecule has 2 rings (SSSR count). The van der Waals surface area contributed by atoms with Crippen LogP contribution >= 0.6 is 0 Å². The van der Waals surface area contributed by atoms with Gasteiger partial charge in [-0.2, -0.15) is 10.5 Å². The van der Waals surface area contributed by atoms with E-state index in [1.165, 1.54) is 6.07 Å². The van der Waals surface area contributed by atoms with Gasteiger partial charge < -0.3 is 10.5 Å². The Hall–Kier alpha value is -2.98. The topological polar surface area (TPSA) is 82.8 Å². The van der Waals surface area contributed by atoms with E-state index in [1.807, 2.05) is 12.1 Å². The van der Waals surface area contributed by atoms with Crippen molar-refractivity contribution in [2.45, 2.75) is 0 Å². The molecule has 86 valence electrons. The molecule has 0 radical (unpaired) electrons. The number of nitrogens with two attached hydrogens (primary N) is 1. The van der Waals surface area contributed by atoms with E-state index in [4.69, 9.17) is 21.0 Å². The molecule has 0 atom stereocenters. The van der Waals surface area contributed by atoms with Crippen molar-refractivity contribution in [1.82, 2.24) is 0 Å². The minimum atomic E-state index is 0.388. The first-order valence-electron chi connectivity index (χ1n) is 5.20. The lowest BCUT2D eigenvalue weighted by Crippen LogP contribution is -1.88.